The molecule has 0 atom stereocenters. The van der Waals surface area contributed by atoms with Gasteiger partial charge in [0.15, 0.2) is 23.0 Å². The highest BCUT2D eigenvalue weighted by Crippen LogP contribution is 2.50. The van der Waals surface area contributed by atoms with Gasteiger partial charge in [-0.25, -0.2) is 4.39 Å². The molecule has 0 aliphatic carbocycles. The van der Waals surface area contributed by atoms with E-state index in [4.69, 9.17) is 14.2 Å². The highest BCUT2D eigenvalue weighted by atomic mass is 19.1. The van der Waals surface area contributed by atoms with Crippen LogP contribution in [0.2, 0.25) is 0 Å². The van der Waals surface area contributed by atoms with Crippen LogP contribution in [0.4, 0.5) is 4.39 Å². The summed E-state index contributed by atoms with van der Waals surface area (Å²) in [7, 11) is 2.93. The van der Waals surface area contributed by atoms with Gasteiger partial charge in [0.05, 0.1) is 26.4 Å². The molecule has 0 heterocycles. The minimum atomic E-state index is -0.359. The van der Waals surface area contributed by atoms with Crippen molar-refractivity contribution >= 4 is 0 Å². The van der Waals surface area contributed by atoms with Crippen LogP contribution in [-0.2, 0) is 0 Å². The van der Waals surface area contributed by atoms with Crippen molar-refractivity contribution in [2.24, 2.45) is 0 Å². The van der Waals surface area contributed by atoms with Gasteiger partial charge in [-0.2, -0.15) is 0 Å². The summed E-state index contributed by atoms with van der Waals surface area (Å²) in [6.45, 7) is 2.57. The second-order valence-corrected chi connectivity index (χ2v) is 6.77. The van der Waals surface area contributed by atoms with E-state index in [1.54, 1.807) is 30.3 Å². The number of methoxy groups -OCH3 is 2. The number of phenols is 2. The molecule has 158 valence electrons. The average molecular weight is 412 g/mol. The molecule has 2 N–H and O–H groups in total. The zero-order valence-electron chi connectivity index (χ0n) is 17.2. The lowest BCUT2D eigenvalue weighted by Crippen LogP contribution is -1.98. The van der Waals surface area contributed by atoms with Crippen molar-refractivity contribution in [3.8, 4) is 51.0 Å². The van der Waals surface area contributed by atoms with Gasteiger partial charge >= 0.3 is 0 Å². The van der Waals surface area contributed by atoms with E-state index >= 15 is 0 Å². The van der Waals surface area contributed by atoms with Gasteiger partial charge in [0, 0.05) is 5.56 Å². The monoisotopic (exact) mass is 412 g/mol. The van der Waals surface area contributed by atoms with Gasteiger partial charge in [-0.1, -0.05) is 31.5 Å². The first kappa shape index (κ1) is 21.3. The molecular weight excluding hydrogens is 387 g/mol. The molecule has 0 aliphatic heterocycles. The fourth-order valence-electron chi connectivity index (χ4n) is 3.24. The third kappa shape index (κ3) is 4.27. The molecule has 0 aliphatic rings. The lowest BCUT2D eigenvalue weighted by atomic mass is 9.96. The number of hydrogen-bond acceptors (Lipinski definition) is 5. The Balaban J connectivity index is 2.09. The fraction of sp³-hybridized carbons (Fsp3) is 0.250. The Morgan fingerprint density at radius 3 is 2.17 bits per heavy atom. The summed E-state index contributed by atoms with van der Waals surface area (Å²) in [5.74, 6) is 0.441. The third-order valence-corrected chi connectivity index (χ3v) is 4.80. The molecule has 3 aromatic carbocycles. The number of ether oxygens (including phenoxy) is 3. The minimum absolute atomic E-state index is 0.0355. The highest BCUT2D eigenvalue weighted by molar-refractivity contribution is 5.88. The van der Waals surface area contributed by atoms with Crippen molar-refractivity contribution in [3.05, 3.63) is 54.3 Å². The summed E-state index contributed by atoms with van der Waals surface area (Å²) in [6.07, 6.45) is 1.88. The first-order valence-corrected chi connectivity index (χ1v) is 9.70. The van der Waals surface area contributed by atoms with Crippen LogP contribution in [-0.4, -0.2) is 31.0 Å². The lowest BCUT2D eigenvalue weighted by molar-refractivity contribution is 0.293. The second kappa shape index (κ2) is 9.39. The maximum absolute atomic E-state index is 13.3. The Hall–Kier alpha value is -3.41. The molecule has 0 radical (unpaired) electrons. The summed E-state index contributed by atoms with van der Waals surface area (Å²) in [4.78, 5) is 0. The van der Waals surface area contributed by atoms with Crippen molar-refractivity contribution in [1.29, 1.82) is 0 Å². The van der Waals surface area contributed by atoms with Gasteiger partial charge in [-0.15, -0.1) is 0 Å². The number of halogens is 1. The zero-order chi connectivity index (χ0) is 21.7. The van der Waals surface area contributed by atoms with Crippen LogP contribution < -0.4 is 14.2 Å². The summed E-state index contributed by atoms with van der Waals surface area (Å²) in [5.41, 5.74) is 2.12. The number of phenolic OH excluding ortho intramolecular Hbond substituents is 2. The maximum atomic E-state index is 13.3. The van der Waals surface area contributed by atoms with E-state index in [0.29, 0.717) is 40.4 Å². The molecule has 3 aromatic rings. The van der Waals surface area contributed by atoms with Crippen LogP contribution in [0.25, 0.3) is 22.3 Å². The summed E-state index contributed by atoms with van der Waals surface area (Å²) in [6, 6.07) is 12.5. The Kier molecular flexibility index (Phi) is 6.67. The van der Waals surface area contributed by atoms with Crippen molar-refractivity contribution in [2.45, 2.75) is 19.8 Å². The number of benzene rings is 3. The normalized spacial score (nSPS) is 10.7. The van der Waals surface area contributed by atoms with Crippen LogP contribution in [0.15, 0.2) is 48.5 Å². The molecule has 0 spiro atoms. The smallest absolute Gasteiger partial charge is 0.170 e. The van der Waals surface area contributed by atoms with E-state index in [2.05, 4.69) is 6.92 Å². The first-order valence-electron chi connectivity index (χ1n) is 9.70. The number of rotatable bonds is 8. The van der Waals surface area contributed by atoms with Crippen LogP contribution >= 0.6 is 0 Å². The summed E-state index contributed by atoms with van der Waals surface area (Å²) in [5, 5.41) is 21.4. The van der Waals surface area contributed by atoms with Gasteiger partial charge in [0.1, 0.15) is 11.6 Å². The summed E-state index contributed by atoms with van der Waals surface area (Å²) >= 11 is 0. The lowest BCUT2D eigenvalue weighted by Gasteiger charge is -2.18. The highest BCUT2D eigenvalue weighted by Gasteiger charge is 2.22. The van der Waals surface area contributed by atoms with E-state index in [0.717, 1.165) is 12.8 Å². The van der Waals surface area contributed by atoms with Crippen molar-refractivity contribution < 1.29 is 28.8 Å². The van der Waals surface area contributed by atoms with Gasteiger partial charge in [-0.05, 0) is 47.9 Å². The van der Waals surface area contributed by atoms with Crippen molar-refractivity contribution in [3.63, 3.8) is 0 Å². The van der Waals surface area contributed by atoms with Gasteiger partial charge in [-0.3, -0.25) is 0 Å². The van der Waals surface area contributed by atoms with Gasteiger partial charge < -0.3 is 24.4 Å². The van der Waals surface area contributed by atoms with Crippen LogP contribution in [0.5, 0.6) is 28.7 Å². The Bertz CT molecular complexity index is 1020. The Morgan fingerprint density at radius 2 is 1.57 bits per heavy atom. The molecule has 0 saturated carbocycles. The third-order valence-electron chi connectivity index (χ3n) is 4.80. The molecule has 0 saturated heterocycles. The molecule has 0 aromatic heterocycles. The minimum Gasteiger partial charge on any atom is -0.504 e. The molecule has 0 unspecified atom stereocenters. The first-order chi connectivity index (χ1) is 14.5. The van der Waals surface area contributed by atoms with E-state index in [-0.39, 0.29) is 23.1 Å². The predicted octanol–water partition coefficient (Wildman–Crippen LogP) is 5.77. The van der Waals surface area contributed by atoms with E-state index in [1.165, 1.54) is 32.4 Å². The van der Waals surface area contributed by atoms with Crippen molar-refractivity contribution in [1.82, 2.24) is 0 Å². The van der Waals surface area contributed by atoms with E-state index in [1.807, 2.05) is 0 Å². The van der Waals surface area contributed by atoms with Crippen LogP contribution in [0, 0.1) is 5.82 Å². The quantitative estimate of drug-likeness (QED) is 0.460. The van der Waals surface area contributed by atoms with Gasteiger partial charge in [0.25, 0.3) is 0 Å². The standard InChI is InChI=1S/C24H25FO5/c1-4-5-12-30-20-11-8-16(13-19(20)26)22-21(28-2)14-18(24(29-3)23(22)27)15-6-9-17(25)10-7-15/h6-11,13-14,26-27H,4-5,12H2,1-3H3. The van der Waals surface area contributed by atoms with Crippen molar-refractivity contribution in [2.75, 3.05) is 20.8 Å². The Morgan fingerprint density at radius 1 is 0.867 bits per heavy atom. The fourth-order valence-corrected chi connectivity index (χ4v) is 3.24. The molecule has 0 bridgehead atoms. The number of hydrogen-bond donors (Lipinski definition) is 2. The average Bonchev–Trinajstić information content (AvgIpc) is 2.75. The van der Waals surface area contributed by atoms with Crippen LogP contribution in [0.3, 0.4) is 0 Å². The van der Waals surface area contributed by atoms with E-state index < -0.39 is 0 Å². The molecule has 30 heavy (non-hydrogen) atoms. The number of aromatic hydroxyl groups is 2. The molecule has 3 rings (SSSR count). The van der Waals surface area contributed by atoms with Crippen LogP contribution in [0.1, 0.15) is 19.8 Å². The molecule has 0 fully saturated rings. The summed E-state index contributed by atoms with van der Waals surface area (Å²) < 4.78 is 29.9. The molecule has 6 heteroatoms. The molecule has 0 amide bonds. The van der Waals surface area contributed by atoms with Gasteiger partial charge in [0.2, 0.25) is 0 Å². The zero-order valence-corrected chi connectivity index (χ0v) is 17.2. The Labute approximate surface area is 175 Å². The maximum Gasteiger partial charge on any atom is 0.170 e. The number of unbranched alkanes of at least 4 members (excludes halogenated alkanes) is 1. The molecule has 5 nitrogen and oxygen atoms in total. The predicted molar refractivity (Wildman–Crippen MR) is 114 cm³/mol. The SMILES string of the molecule is CCCCOc1ccc(-c2c(OC)cc(-c3ccc(F)cc3)c(OC)c2O)cc1O. The second-order valence-electron chi connectivity index (χ2n) is 6.77. The van der Waals surface area contributed by atoms with E-state index in [9.17, 15) is 14.6 Å². The molecular formula is C24H25FO5. The largest absolute Gasteiger partial charge is 0.504 e. The topological polar surface area (TPSA) is 68.2 Å².